The first-order chi connectivity index (χ1) is 9.33. The van der Waals surface area contributed by atoms with Gasteiger partial charge in [-0.1, -0.05) is 6.92 Å². The van der Waals surface area contributed by atoms with Crippen LogP contribution in [0.4, 0.5) is 5.69 Å². The molecule has 2 aromatic rings. The molecule has 1 N–H and O–H groups in total. The van der Waals surface area contributed by atoms with Crippen LogP contribution in [0, 0.1) is 11.3 Å². The first kappa shape index (κ1) is 13.0. The summed E-state index contributed by atoms with van der Waals surface area (Å²) in [5, 5.41) is 11.8. The van der Waals surface area contributed by atoms with Crippen molar-refractivity contribution in [2.45, 2.75) is 19.4 Å². The number of nitriles is 1. The molecule has 0 fully saturated rings. The summed E-state index contributed by atoms with van der Waals surface area (Å²) in [6.45, 7) is 2.17. The van der Waals surface area contributed by atoms with E-state index in [-0.39, 0.29) is 12.6 Å². The van der Waals surface area contributed by atoms with E-state index in [1.54, 1.807) is 6.26 Å². The van der Waals surface area contributed by atoms with E-state index in [1.165, 1.54) is 0 Å². The summed E-state index contributed by atoms with van der Waals surface area (Å²) in [5.74, 6) is 1.62. The minimum Gasteiger partial charge on any atom is -0.479 e. The fraction of sp³-hybridized carbons (Fsp3) is 0.267. The lowest BCUT2D eigenvalue weighted by molar-refractivity contribution is 0.368. The fourth-order valence-corrected chi connectivity index (χ4v) is 1.83. The highest BCUT2D eigenvalue weighted by Gasteiger charge is 2.11. The normalized spacial score (nSPS) is 11.6. The molecule has 2 rings (SSSR count). The van der Waals surface area contributed by atoms with Crippen molar-refractivity contribution in [2.75, 3.05) is 11.9 Å². The van der Waals surface area contributed by atoms with Crippen LogP contribution in [0.25, 0.3) is 0 Å². The zero-order valence-corrected chi connectivity index (χ0v) is 10.8. The summed E-state index contributed by atoms with van der Waals surface area (Å²) in [4.78, 5) is 0. The van der Waals surface area contributed by atoms with Gasteiger partial charge in [0, 0.05) is 5.69 Å². The Kier molecular flexibility index (Phi) is 4.46. The van der Waals surface area contributed by atoms with Crippen LogP contribution in [0.15, 0.2) is 47.1 Å². The maximum absolute atomic E-state index is 8.44. The number of furan rings is 1. The zero-order chi connectivity index (χ0) is 13.5. The van der Waals surface area contributed by atoms with E-state index in [1.807, 2.05) is 42.5 Å². The van der Waals surface area contributed by atoms with E-state index in [9.17, 15) is 0 Å². The molecule has 1 heterocycles. The number of anilines is 1. The molecule has 0 spiro atoms. The van der Waals surface area contributed by atoms with Gasteiger partial charge in [-0.15, -0.1) is 0 Å². The Morgan fingerprint density at radius 1 is 1.32 bits per heavy atom. The van der Waals surface area contributed by atoms with Crippen molar-refractivity contribution in [3.63, 3.8) is 0 Å². The average Bonchev–Trinajstić information content (AvgIpc) is 2.98. The summed E-state index contributed by atoms with van der Waals surface area (Å²) < 4.78 is 10.6. The molecule has 1 aromatic heterocycles. The average molecular weight is 256 g/mol. The number of hydrogen-bond donors (Lipinski definition) is 1. The molecule has 4 heteroatoms. The van der Waals surface area contributed by atoms with Gasteiger partial charge in [0.25, 0.3) is 0 Å². The maximum Gasteiger partial charge on any atom is 0.174 e. The first-order valence-electron chi connectivity index (χ1n) is 6.23. The van der Waals surface area contributed by atoms with Crippen molar-refractivity contribution in [1.29, 1.82) is 5.26 Å². The highest BCUT2D eigenvalue weighted by Crippen LogP contribution is 2.24. The highest BCUT2D eigenvalue weighted by molar-refractivity contribution is 5.47. The first-order valence-corrected chi connectivity index (χ1v) is 6.23. The van der Waals surface area contributed by atoms with Crippen molar-refractivity contribution >= 4 is 5.69 Å². The monoisotopic (exact) mass is 256 g/mol. The molecule has 1 atom stereocenters. The maximum atomic E-state index is 8.44. The standard InChI is InChI=1S/C15H16N2O2/c1-2-14(15-4-3-10-19-15)17-12-5-7-13(8-6-12)18-11-9-16/h3-8,10,14,17H,2,11H2,1H3. The van der Waals surface area contributed by atoms with Gasteiger partial charge < -0.3 is 14.5 Å². The molecule has 0 radical (unpaired) electrons. The smallest absolute Gasteiger partial charge is 0.174 e. The number of nitrogens with zero attached hydrogens (tertiary/aromatic N) is 1. The Morgan fingerprint density at radius 2 is 2.11 bits per heavy atom. The molecule has 0 saturated carbocycles. The van der Waals surface area contributed by atoms with Gasteiger partial charge in [0.2, 0.25) is 0 Å². The van der Waals surface area contributed by atoms with Gasteiger partial charge in [0.1, 0.15) is 17.6 Å². The van der Waals surface area contributed by atoms with Gasteiger partial charge in [0.05, 0.1) is 12.3 Å². The van der Waals surface area contributed by atoms with Crippen LogP contribution >= 0.6 is 0 Å². The minimum atomic E-state index is 0.0662. The number of ether oxygens (including phenoxy) is 1. The summed E-state index contributed by atoms with van der Waals surface area (Å²) in [7, 11) is 0. The quantitative estimate of drug-likeness (QED) is 0.855. The van der Waals surface area contributed by atoms with Crippen LogP contribution in [-0.2, 0) is 0 Å². The summed E-state index contributed by atoms with van der Waals surface area (Å²) in [5.41, 5.74) is 0.993. The number of hydrogen-bond acceptors (Lipinski definition) is 4. The number of rotatable bonds is 6. The molecule has 0 bridgehead atoms. The molecule has 19 heavy (non-hydrogen) atoms. The molecular formula is C15H16N2O2. The SMILES string of the molecule is CCC(Nc1ccc(OCC#N)cc1)c1ccco1. The molecule has 1 unspecified atom stereocenters. The topological polar surface area (TPSA) is 58.2 Å². The molecule has 1 aromatic carbocycles. The second-order valence-corrected chi connectivity index (χ2v) is 4.09. The number of nitrogens with one attached hydrogen (secondary N) is 1. The van der Waals surface area contributed by atoms with Crippen LogP contribution in [-0.4, -0.2) is 6.61 Å². The minimum absolute atomic E-state index is 0.0662. The number of benzene rings is 1. The van der Waals surface area contributed by atoms with Crippen molar-refractivity contribution in [3.8, 4) is 11.8 Å². The van der Waals surface area contributed by atoms with E-state index in [2.05, 4.69) is 12.2 Å². The van der Waals surface area contributed by atoms with Crippen LogP contribution in [0.3, 0.4) is 0 Å². The van der Waals surface area contributed by atoms with Crippen LogP contribution in [0.1, 0.15) is 25.1 Å². The van der Waals surface area contributed by atoms with Crippen molar-refractivity contribution < 1.29 is 9.15 Å². The van der Waals surface area contributed by atoms with E-state index >= 15 is 0 Å². The lowest BCUT2D eigenvalue weighted by Gasteiger charge is -2.16. The Morgan fingerprint density at radius 3 is 2.68 bits per heavy atom. The molecule has 4 nitrogen and oxygen atoms in total. The lowest BCUT2D eigenvalue weighted by Crippen LogP contribution is -2.08. The summed E-state index contributed by atoms with van der Waals surface area (Å²) in [6.07, 6.45) is 2.61. The van der Waals surface area contributed by atoms with E-state index in [0.29, 0.717) is 5.75 Å². The Balaban J connectivity index is 2.00. The van der Waals surface area contributed by atoms with E-state index in [0.717, 1.165) is 17.9 Å². The van der Waals surface area contributed by atoms with Gasteiger partial charge in [-0.3, -0.25) is 0 Å². The third-order valence-electron chi connectivity index (χ3n) is 2.79. The highest BCUT2D eigenvalue weighted by atomic mass is 16.5. The summed E-state index contributed by atoms with van der Waals surface area (Å²) in [6, 6.07) is 13.5. The third kappa shape index (κ3) is 3.52. The molecule has 0 aliphatic carbocycles. The van der Waals surface area contributed by atoms with Crippen LogP contribution in [0.2, 0.25) is 0 Å². The van der Waals surface area contributed by atoms with Crippen molar-refractivity contribution in [3.05, 3.63) is 48.4 Å². The molecule has 0 aliphatic heterocycles. The lowest BCUT2D eigenvalue weighted by atomic mass is 10.1. The Bertz CT molecular complexity index is 526. The predicted molar refractivity (Wildman–Crippen MR) is 72.9 cm³/mol. The second-order valence-electron chi connectivity index (χ2n) is 4.09. The molecule has 0 amide bonds. The van der Waals surface area contributed by atoms with Gasteiger partial charge in [0.15, 0.2) is 6.61 Å². The van der Waals surface area contributed by atoms with Crippen molar-refractivity contribution in [2.24, 2.45) is 0 Å². The Hall–Kier alpha value is -2.41. The fourth-order valence-electron chi connectivity index (χ4n) is 1.83. The molecule has 0 saturated heterocycles. The van der Waals surface area contributed by atoms with Crippen LogP contribution < -0.4 is 10.1 Å². The van der Waals surface area contributed by atoms with E-state index < -0.39 is 0 Å². The molecule has 98 valence electrons. The molecular weight excluding hydrogens is 240 g/mol. The van der Waals surface area contributed by atoms with Gasteiger partial charge in [-0.25, -0.2) is 0 Å². The Labute approximate surface area is 112 Å². The largest absolute Gasteiger partial charge is 0.479 e. The predicted octanol–water partition coefficient (Wildman–Crippen LogP) is 3.75. The zero-order valence-electron chi connectivity index (χ0n) is 10.8. The van der Waals surface area contributed by atoms with Gasteiger partial charge in [-0.2, -0.15) is 5.26 Å². The van der Waals surface area contributed by atoms with Crippen LogP contribution in [0.5, 0.6) is 5.75 Å². The summed E-state index contributed by atoms with van der Waals surface area (Å²) >= 11 is 0. The second kappa shape index (κ2) is 6.50. The third-order valence-corrected chi connectivity index (χ3v) is 2.79. The van der Waals surface area contributed by atoms with Gasteiger partial charge in [-0.05, 0) is 42.8 Å². The van der Waals surface area contributed by atoms with Crippen molar-refractivity contribution in [1.82, 2.24) is 0 Å². The van der Waals surface area contributed by atoms with E-state index in [4.69, 9.17) is 14.4 Å². The molecule has 0 aliphatic rings. The van der Waals surface area contributed by atoms with Gasteiger partial charge >= 0.3 is 0 Å².